The molecule has 2 atom stereocenters. The van der Waals surface area contributed by atoms with Gasteiger partial charge in [0.1, 0.15) is 5.54 Å². The predicted molar refractivity (Wildman–Crippen MR) is 71.8 cm³/mol. The smallest absolute Gasteiger partial charge is 0.330 e. The number of rotatable bonds is 4. The molecule has 19 heavy (non-hydrogen) atoms. The summed E-state index contributed by atoms with van der Waals surface area (Å²) in [5.74, 6) is -1.05. The van der Waals surface area contributed by atoms with Crippen molar-refractivity contribution in [1.82, 2.24) is 4.90 Å². The number of amides is 1. The molecule has 2 unspecified atom stereocenters. The van der Waals surface area contributed by atoms with Crippen molar-refractivity contribution in [3.05, 3.63) is 35.9 Å². The van der Waals surface area contributed by atoms with Crippen LogP contribution in [0.4, 0.5) is 0 Å². The standard InChI is InChI=1S/C15H19NO3/c1-16(11-17)15(14(18)19)10-6-5-9-13(15)12-7-3-2-4-8-12/h2-4,7-8,11,13H,5-6,9-10H2,1H3,(H,18,19). The molecule has 4 heteroatoms. The summed E-state index contributed by atoms with van der Waals surface area (Å²) in [5, 5.41) is 9.72. The molecule has 1 aromatic rings. The van der Waals surface area contributed by atoms with Crippen LogP contribution in [0.1, 0.15) is 37.2 Å². The van der Waals surface area contributed by atoms with E-state index >= 15 is 0 Å². The molecule has 0 spiro atoms. The van der Waals surface area contributed by atoms with Crippen LogP contribution in [0.3, 0.4) is 0 Å². The number of nitrogens with zero attached hydrogens (tertiary/aromatic N) is 1. The monoisotopic (exact) mass is 261 g/mol. The van der Waals surface area contributed by atoms with Crippen molar-refractivity contribution in [3.63, 3.8) is 0 Å². The van der Waals surface area contributed by atoms with E-state index in [1.54, 1.807) is 7.05 Å². The lowest BCUT2D eigenvalue weighted by Crippen LogP contribution is -2.57. The molecule has 1 aliphatic rings. The minimum atomic E-state index is -1.11. The van der Waals surface area contributed by atoms with E-state index in [1.165, 1.54) is 4.90 Å². The van der Waals surface area contributed by atoms with Crippen molar-refractivity contribution in [1.29, 1.82) is 0 Å². The van der Waals surface area contributed by atoms with Crippen LogP contribution in [-0.2, 0) is 9.59 Å². The third-order valence-electron chi connectivity index (χ3n) is 4.24. The highest BCUT2D eigenvalue weighted by Gasteiger charge is 2.50. The fraction of sp³-hybridized carbons (Fsp3) is 0.467. The summed E-state index contributed by atoms with van der Waals surface area (Å²) in [7, 11) is 1.57. The van der Waals surface area contributed by atoms with Crippen molar-refractivity contribution >= 4 is 12.4 Å². The van der Waals surface area contributed by atoms with Gasteiger partial charge in [-0.1, -0.05) is 43.2 Å². The van der Waals surface area contributed by atoms with Gasteiger partial charge in [-0.25, -0.2) is 4.79 Å². The fourth-order valence-corrected chi connectivity index (χ4v) is 3.21. The molecular weight excluding hydrogens is 242 g/mol. The molecule has 4 nitrogen and oxygen atoms in total. The second kappa shape index (κ2) is 5.43. The minimum absolute atomic E-state index is 0.143. The Morgan fingerprint density at radius 2 is 2.05 bits per heavy atom. The summed E-state index contributed by atoms with van der Waals surface area (Å²) in [6.45, 7) is 0. The SMILES string of the molecule is CN(C=O)C1(C(=O)O)CCCCC1c1ccccc1. The maximum absolute atomic E-state index is 11.9. The van der Waals surface area contributed by atoms with Crippen LogP contribution < -0.4 is 0 Å². The highest BCUT2D eigenvalue weighted by atomic mass is 16.4. The summed E-state index contributed by atoms with van der Waals surface area (Å²) >= 11 is 0. The van der Waals surface area contributed by atoms with Gasteiger partial charge in [0.25, 0.3) is 0 Å². The largest absolute Gasteiger partial charge is 0.479 e. The summed E-state index contributed by atoms with van der Waals surface area (Å²) in [6, 6.07) is 9.64. The molecule has 0 saturated heterocycles. The Morgan fingerprint density at radius 3 is 2.63 bits per heavy atom. The third kappa shape index (κ3) is 2.23. The number of hydrogen-bond donors (Lipinski definition) is 1. The van der Waals surface area contributed by atoms with Gasteiger partial charge in [-0.2, -0.15) is 0 Å². The van der Waals surface area contributed by atoms with Gasteiger partial charge in [0.2, 0.25) is 6.41 Å². The highest BCUT2D eigenvalue weighted by molar-refractivity contribution is 5.83. The van der Waals surface area contributed by atoms with Crippen LogP contribution in [0, 0.1) is 0 Å². The van der Waals surface area contributed by atoms with E-state index < -0.39 is 11.5 Å². The molecular formula is C15H19NO3. The summed E-state index contributed by atoms with van der Waals surface area (Å²) in [4.78, 5) is 24.4. The fourth-order valence-electron chi connectivity index (χ4n) is 3.21. The summed E-state index contributed by atoms with van der Waals surface area (Å²) in [6.07, 6.45) is 3.79. The number of carboxylic acids is 1. The first kappa shape index (κ1) is 13.6. The maximum atomic E-state index is 11.9. The normalized spacial score (nSPS) is 26.7. The molecule has 0 heterocycles. The zero-order chi connectivity index (χ0) is 13.9. The number of carbonyl (C=O) groups excluding carboxylic acids is 1. The average molecular weight is 261 g/mol. The average Bonchev–Trinajstić information content (AvgIpc) is 2.47. The van der Waals surface area contributed by atoms with Gasteiger partial charge < -0.3 is 10.0 Å². The van der Waals surface area contributed by atoms with Gasteiger partial charge in [-0.05, 0) is 18.4 Å². The number of carbonyl (C=O) groups is 2. The first-order valence-corrected chi connectivity index (χ1v) is 6.59. The van der Waals surface area contributed by atoms with Gasteiger partial charge in [-0.3, -0.25) is 4.79 Å². The highest BCUT2D eigenvalue weighted by Crippen LogP contribution is 2.44. The van der Waals surface area contributed by atoms with E-state index in [2.05, 4.69) is 0 Å². The Kier molecular flexibility index (Phi) is 3.88. The molecule has 1 fully saturated rings. The van der Waals surface area contributed by atoms with Gasteiger partial charge in [0.15, 0.2) is 0 Å². The van der Waals surface area contributed by atoms with Crippen molar-refractivity contribution in [3.8, 4) is 0 Å². The van der Waals surface area contributed by atoms with E-state index in [0.29, 0.717) is 12.8 Å². The number of likely N-dealkylation sites (N-methyl/N-ethyl adjacent to an activating group) is 1. The molecule has 0 bridgehead atoms. The lowest BCUT2D eigenvalue weighted by Gasteiger charge is -2.45. The van der Waals surface area contributed by atoms with Crippen LogP contribution in [-0.4, -0.2) is 35.0 Å². The van der Waals surface area contributed by atoms with E-state index in [1.807, 2.05) is 30.3 Å². The van der Waals surface area contributed by atoms with E-state index in [0.717, 1.165) is 24.8 Å². The van der Waals surface area contributed by atoms with Crippen molar-refractivity contribution < 1.29 is 14.7 Å². The molecule has 0 aliphatic heterocycles. The van der Waals surface area contributed by atoms with E-state index in [-0.39, 0.29) is 5.92 Å². The Bertz CT molecular complexity index is 460. The number of benzene rings is 1. The lowest BCUT2D eigenvalue weighted by atomic mass is 9.69. The predicted octanol–water partition coefficient (Wildman–Crippen LogP) is 2.26. The van der Waals surface area contributed by atoms with Crippen molar-refractivity contribution in [2.24, 2.45) is 0 Å². The number of aliphatic carboxylic acids is 1. The van der Waals surface area contributed by atoms with Crippen molar-refractivity contribution in [2.45, 2.75) is 37.1 Å². The van der Waals surface area contributed by atoms with Gasteiger partial charge in [0.05, 0.1) is 0 Å². The van der Waals surface area contributed by atoms with Crippen LogP contribution >= 0.6 is 0 Å². The van der Waals surface area contributed by atoms with Gasteiger partial charge in [-0.15, -0.1) is 0 Å². The van der Waals surface area contributed by atoms with Crippen LogP contribution in [0.5, 0.6) is 0 Å². The van der Waals surface area contributed by atoms with E-state index in [9.17, 15) is 14.7 Å². The molecule has 1 saturated carbocycles. The third-order valence-corrected chi connectivity index (χ3v) is 4.24. The lowest BCUT2D eigenvalue weighted by molar-refractivity contribution is -0.158. The Hall–Kier alpha value is -1.84. The van der Waals surface area contributed by atoms with Crippen LogP contribution in [0.25, 0.3) is 0 Å². The zero-order valence-electron chi connectivity index (χ0n) is 11.1. The first-order valence-electron chi connectivity index (χ1n) is 6.59. The maximum Gasteiger partial charge on any atom is 0.330 e. The molecule has 1 aliphatic carbocycles. The molecule has 2 rings (SSSR count). The quantitative estimate of drug-likeness (QED) is 0.846. The van der Waals surface area contributed by atoms with E-state index in [4.69, 9.17) is 0 Å². The van der Waals surface area contributed by atoms with Crippen LogP contribution in [0.2, 0.25) is 0 Å². The van der Waals surface area contributed by atoms with Crippen LogP contribution in [0.15, 0.2) is 30.3 Å². The second-order valence-electron chi connectivity index (χ2n) is 5.15. The Labute approximate surface area is 113 Å². The molecule has 1 amide bonds. The van der Waals surface area contributed by atoms with Gasteiger partial charge >= 0.3 is 5.97 Å². The first-order chi connectivity index (χ1) is 9.13. The molecule has 102 valence electrons. The molecule has 1 aromatic carbocycles. The van der Waals surface area contributed by atoms with Gasteiger partial charge in [0, 0.05) is 13.0 Å². The molecule has 1 N–H and O–H groups in total. The van der Waals surface area contributed by atoms with Crippen molar-refractivity contribution in [2.75, 3.05) is 7.05 Å². The Balaban J connectivity index is 2.48. The topological polar surface area (TPSA) is 57.6 Å². The number of carboxylic acid groups (broad SMARTS) is 1. The minimum Gasteiger partial charge on any atom is -0.479 e. The summed E-state index contributed by atoms with van der Waals surface area (Å²) in [5.41, 5.74) is -0.111. The zero-order valence-corrected chi connectivity index (χ0v) is 11.1. The molecule has 0 aromatic heterocycles. The molecule has 0 radical (unpaired) electrons. The second-order valence-corrected chi connectivity index (χ2v) is 5.15. The summed E-state index contributed by atoms with van der Waals surface area (Å²) < 4.78 is 0. The number of hydrogen-bond acceptors (Lipinski definition) is 2. The Morgan fingerprint density at radius 1 is 1.37 bits per heavy atom.